The molecule has 0 unspecified atom stereocenters. The fraction of sp³-hybridized carbons (Fsp3) is 0.333. The second-order valence-electron chi connectivity index (χ2n) is 6.00. The van der Waals surface area contributed by atoms with E-state index in [0.29, 0.717) is 12.8 Å². The zero-order valence-electron chi connectivity index (χ0n) is 11.7. The summed E-state index contributed by atoms with van der Waals surface area (Å²) in [5.41, 5.74) is 1.31. The van der Waals surface area contributed by atoms with E-state index in [-0.39, 0.29) is 13.0 Å². The van der Waals surface area contributed by atoms with Gasteiger partial charge in [0, 0.05) is 6.42 Å². The maximum Gasteiger partial charge on any atom is 0.343 e. The third kappa shape index (κ3) is 1.62. The van der Waals surface area contributed by atoms with Gasteiger partial charge in [-0.1, -0.05) is 24.3 Å². The molecule has 22 heavy (non-hydrogen) atoms. The van der Waals surface area contributed by atoms with E-state index in [2.05, 4.69) is 5.32 Å². The van der Waals surface area contributed by atoms with Gasteiger partial charge in [0.1, 0.15) is 6.54 Å². The molecule has 0 bridgehead atoms. The molecule has 7 nitrogen and oxygen atoms in total. The third-order valence-corrected chi connectivity index (χ3v) is 4.56. The average Bonchev–Trinajstić information content (AvgIpc) is 3.06. The molecular formula is C15H13N3O4. The number of rotatable bonds is 1. The van der Waals surface area contributed by atoms with Crippen LogP contribution in [0.25, 0.3) is 0 Å². The molecule has 112 valence electrons. The Hall–Kier alpha value is -2.70. The van der Waals surface area contributed by atoms with Gasteiger partial charge in [-0.25, -0.2) is 9.80 Å². The van der Waals surface area contributed by atoms with E-state index in [1.807, 2.05) is 24.3 Å². The molecule has 2 saturated heterocycles. The van der Waals surface area contributed by atoms with E-state index in [9.17, 15) is 19.2 Å². The minimum atomic E-state index is -0.813. The summed E-state index contributed by atoms with van der Waals surface area (Å²) in [4.78, 5) is 48.2. The summed E-state index contributed by atoms with van der Waals surface area (Å²) in [5.74, 6) is -1.33. The highest BCUT2D eigenvalue weighted by molar-refractivity contribution is 6.10. The third-order valence-electron chi connectivity index (χ3n) is 4.56. The lowest BCUT2D eigenvalue weighted by Gasteiger charge is -2.26. The minimum absolute atomic E-state index is 0.0679. The number of urea groups is 1. The fourth-order valence-corrected chi connectivity index (χ4v) is 3.59. The first-order chi connectivity index (χ1) is 10.5. The van der Waals surface area contributed by atoms with Gasteiger partial charge in [0.25, 0.3) is 5.91 Å². The predicted molar refractivity (Wildman–Crippen MR) is 73.0 cm³/mol. The summed E-state index contributed by atoms with van der Waals surface area (Å²) >= 11 is 0. The number of fused-ring (bicyclic) bond motifs is 1. The van der Waals surface area contributed by atoms with Crippen LogP contribution in [0.1, 0.15) is 17.5 Å². The highest BCUT2D eigenvalue weighted by atomic mass is 16.2. The summed E-state index contributed by atoms with van der Waals surface area (Å²) in [6.45, 7) is -0.292. The largest absolute Gasteiger partial charge is 0.343 e. The lowest BCUT2D eigenvalue weighted by molar-refractivity contribution is -0.154. The van der Waals surface area contributed by atoms with Crippen LogP contribution in [0, 0.1) is 5.41 Å². The molecule has 1 N–H and O–H groups in total. The number of nitrogens with one attached hydrogen (secondary N) is 1. The number of nitrogens with zero attached hydrogens (tertiary/aromatic N) is 2. The van der Waals surface area contributed by atoms with Crippen molar-refractivity contribution < 1.29 is 19.2 Å². The molecule has 1 aromatic carbocycles. The monoisotopic (exact) mass is 299 g/mol. The van der Waals surface area contributed by atoms with Gasteiger partial charge in [-0.15, -0.1) is 0 Å². The van der Waals surface area contributed by atoms with Gasteiger partial charge in [0.05, 0.1) is 5.41 Å². The summed E-state index contributed by atoms with van der Waals surface area (Å²) in [7, 11) is 0. The smallest absolute Gasteiger partial charge is 0.275 e. The van der Waals surface area contributed by atoms with E-state index in [1.165, 1.54) is 0 Å². The van der Waals surface area contributed by atoms with Crippen LogP contribution in [0.4, 0.5) is 4.79 Å². The Balaban J connectivity index is 1.67. The number of benzene rings is 1. The molecule has 0 atom stereocenters. The first-order valence-corrected chi connectivity index (χ1v) is 7.06. The van der Waals surface area contributed by atoms with Crippen molar-refractivity contribution >= 4 is 23.8 Å². The lowest BCUT2D eigenvalue weighted by Crippen LogP contribution is -2.49. The zero-order chi connectivity index (χ0) is 15.5. The van der Waals surface area contributed by atoms with E-state index in [0.717, 1.165) is 21.1 Å². The van der Waals surface area contributed by atoms with E-state index < -0.39 is 29.2 Å². The van der Waals surface area contributed by atoms with Crippen molar-refractivity contribution in [3.8, 4) is 0 Å². The van der Waals surface area contributed by atoms with Crippen LogP contribution >= 0.6 is 0 Å². The summed E-state index contributed by atoms with van der Waals surface area (Å²) < 4.78 is 0. The molecule has 0 aromatic heterocycles. The first kappa shape index (κ1) is 13.0. The maximum absolute atomic E-state index is 12.8. The highest BCUT2D eigenvalue weighted by Crippen LogP contribution is 2.45. The maximum atomic E-state index is 12.8. The Bertz CT molecular complexity index is 717. The molecule has 0 radical (unpaired) electrons. The molecule has 2 aliphatic heterocycles. The van der Waals surface area contributed by atoms with Gasteiger partial charge in [-0.3, -0.25) is 19.7 Å². The van der Waals surface area contributed by atoms with Crippen LogP contribution < -0.4 is 5.32 Å². The lowest BCUT2D eigenvalue weighted by atomic mass is 9.83. The van der Waals surface area contributed by atoms with E-state index >= 15 is 0 Å². The number of amides is 5. The Morgan fingerprint density at radius 2 is 1.59 bits per heavy atom. The molecule has 3 aliphatic rings. The molecule has 4 rings (SSSR count). The van der Waals surface area contributed by atoms with Crippen molar-refractivity contribution in [2.24, 2.45) is 5.41 Å². The zero-order valence-corrected chi connectivity index (χ0v) is 11.7. The van der Waals surface area contributed by atoms with Gasteiger partial charge >= 0.3 is 6.03 Å². The van der Waals surface area contributed by atoms with Crippen molar-refractivity contribution in [3.63, 3.8) is 0 Å². The Morgan fingerprint density at radius 1 is 0.955 bits per heavy atom. The van der Waals surface area contributed by atoms with Crippen molar-refractivity contribution in [1.82, 2.24) is 15.3 Å². The quantitative estimate of drug-likeness (QED) is 0.584. The van der Waals surface area contributed by atoms with Crippen LogP contribution in [0.5, 0.6) is 0 Å². The average molecular weight is 299 g/mol. The molecule has 1 aromatic rings. The summed E-state index contributed by atoms with van der Waals surface area (Å²) in [5, 5.41) is 3.84. The van der Waals surface area contributed by atoms with Crippen LogP contribution in [0.3, 0.4) is 0 Å². The van der Waals surface area contributed by atoms with E-state index in [1.54, 1.807) is 0 Å². The molecule has 2 fully saturated rings. The summed E-state index contributed by atoms with van der Waals surface area (Å²) in [6.07, 6.45) is 1.06. The number of hydrogen-bond acceptors (Lipinski definition) is 4. The predicted octanol–water partition coefficient (Wildman–Crippen LogP) is -0.00270. The molecular weight excluding hydrogens is 286 g/mol. The van der Waals surface area contributed by atoms with Gasteiger partial charge in [0.2, 0.25) is 11.8 Å². The van der Waals surface area contributed by atoms with Gasteiger partial charge in [-0.2, -0.15) is 5.01 Å². The van der Waals surface area contributed by atoms with Crippen LogP contribution in [0.2, 0.25) is 0 Å². The number of carbonyl (C=O) groups is 4. The molecule has 2 heterocycles. The topological polar surface area (TPSA) is 86.8 Å². The van der Waals surface area contributed by atoms with Crippen molar-refractivity contribution in [2.45, 2.75) is 19.3 Å². The Kier molecular flexibility index (Phi) is 2.46. The summed E-state index contributed by atoms with van der Waals surface area (Å²) in [6, 6.07) is 7.00. The Labute approximate surface area is 125 Å². The van der Waals surface area contributed by atoms with Crippen LogP contribution in [-0.2, 0) is 27.2 Å². The number of hydrogen-bond donors (Lipinski definition) is 1. The van der Waals surface area contributed by atoms with Crippen LogP contribution in [-0.4, -0.2) is 40.3 Å². The van der Waals surface area contributed by atoms with Crippen LogP contribution in [0.15, 0.2) is 24.3 Å². The first-order valence-electron chi connectivity index (χ1n) is 7.06. The second-order valence-corrected chi connectivity index (χ2v) is 6.00. The Morgan fingerprint density at radius 3 is 2.14 bits per heavy atom. The van der Waals surface area contributed by atoms with Gasteiger partial charge in [0.15, 0.2) is 0 Å². The second kappa shape index (κ2) is 4.16. The standard InChI is InChI=1S/C15H13N3O4/c19-11-8-17(14(22)16-11)18-12(20)7-15(13(18)21)5-9-3-1-2-4-10(9)6-15/h1-4H,5-8H2,(H,16,19,22). The van der Waals surface area contributed by atoms with Gasteiger partial charge < -0.3 is 0 Å². The van der Waals surface area contributed by atoms with Crippen molar-refractivity contribution in [3.05, 3.63) is 35.4 Å². The van der Waals surface area contributed by atoms with Gasteiger partial charge in [-0.05, 0) is 24.0 Å². The molecule has 0 saturated carbocycles. The van der Waals surface area contributed by atoms with Crippen molar-refractivity contribution in [2.75, 3.05) is 6.54 Å². The normalized spacial score (nSPS) is 22.7. The SMILES string of the molecule is O=C1CN(N2C(=O)CC3(Cc4ccccc4C3)C2=O)C(=O)N1. The number of hydrazine groups is 1. The minimum Gasteiger partial charge on any atom is -0.275 e. The fourth-order valence-electron chi connectivity index (χ4n) is 3.59. The van der Waals surface area contributed by atoms with Crippen molar-refractivity contribution in [1.29, 1.82) is 0 Å². The molecule has 5 amide bonds. The molecule has 1 aliphatic carbocycles. The highest BCUT2D eigenvalue weighted by Gasteiger charge is 2.57. The molecule has 1 spiro atoms. The van der Waals surface area contributed by atoms with E-state index in [4.69, 9.17) is 0 Å². The molecule has 7 heteroatoms. The number of imide groups is 2. The number of carbonyl (C=O) groups excluding carboxylic acids is 4.